The number of nitrogens with two attached hydrogens (primary N) is 1. The Hall–Kier alpha value is -0.860. The summed E-state index contributed by atoms with van der Waals surface area (Å²) >= 11 is 0. The van der Waals surface area contributed by atoms with Crippen LogP contribution in [0.15, 0.2) is 24.3 Å². The summed E-state index contributed by atoms with van der Waals surface area (Å²) in [6, 6.07) is 10.4. The van der Waals surface area contributed by atoms with Crippen LogP contribution in [0, 0.1) is 24.7 Å². The lowest BCUT2D eigenvalue weighted by Crippen LogP contribution is -2.40. The molecule has 0 aromatic heterocycles. The SMILES string of the molecule is Cc1cccc(CN(CC(C)C)C2CCC(CC3CCC(N)CC3)CC2)c1. The Balaban J connectivity index is 1.51. The van der Waals surface area contributed by atoms with Crippen LogP contribution in [0.2, 0.25) is 0 Å². The van der Waals surface area contributed by atoms with Crippen LogP contribution in [0.3, 0.4) is 0 Å². The van der Waals surface area contributed by atoms with Gasteiger partial charge in [-0.3, -0.25) is 4.90 Å². The Morgan fingerprint density at radius 3 is 2.19 bits per heavy atom. The summed E-state index contributed by atoms with van der Waals surface area (Å²) in [6.45, 7) is 9.28. The molecule has 0 radical (unpaired) electrons. The van der Waals surface area contributed by atoms with Crippen molar-refractivity contribution in [2.24, 2.45) is 23.5 Å². The molecule has 0 atom stereocenters. The molecule has 0 heterocycles. The monoisotopic (exact) mass is 370 g/mol. The third-order valence-electron chi connectivity index (χ3n) is 6.96. The van der Waals surface area contributed by atoms with Crippen molar-refractivity contribution in [3.8, 4) is 0 Å². The Kier molecular flexibility index (Phi) is 7.78. The van der Waals surface area contributed by atoms with Crippen LogP contribution in [-0.2, 0) is 6.54 Å². The quantitative estimate of drug-likeness (QED) is 0.645. The fourth-order valence-corrected chi connectivity index (χ4v) is 5.50. The van der Waals surface area contributed by atoms with Gasteiger partial charge in [0, 0.05) is 25.2 Å². The normalized spacial score (nSPS) is 29.4. The minimum atomic E-state index is 0.489. The highest BCUT2D eigenvalue weighted by molar-refractivity contribution is 5.22. The lowest BCUT2D eigenvalue weighted by atomic mass is 9.75. The fourth-order valence-electron chi connectivity index (χ4n) is 5.50. The smallest absolute Gasteiger partial charge is 0.0236 e. The van der Waals surface area contributed by atoms with Gasteiger partial charge in [0.2, 0.25) is 0 Å². The van der Waals surface area contributed by atoms with Crippen LogP contribution in [-0.4, -0.2) is 23.5 Å². The summed E-state index contributed by atoms with van der Waals surface area (Å²) in [7, 11) is 0. The van der Waals surface area contributed by atoms with Crippen molar-refractivity contribution in [2.45, 2.75) is 97.2 Å². The van der Waals surface area contributed by atoms with Crippen molar-refractivity contribution in [3.05, 3.63) is 35.4 Å². The summed E-state index contributed by atoms with van der Waals surface area (Å²) in [6.07, 6.45) is 12.4. The van der Waals surface area contributed by atoms with Gasteiger partial charge in [-0.15, -0.1) is 0 Å². The predicted molar refractivity (Wildman–Crippen MR) is 117 cm³/mol. The van der Waals surface area contributed by atoms with Gasteiger partial charge in [0.15, 0.2) is 0 Å². The maximum absolute atomic E-state index is 6.09. The van der Waals surface area contributed by atoms with Crippen LogP contribution in [0.5, 0.6) is 0 Å². The highest BCUT2D eigenvalue weighted by Crippen LogP contribution is 2.36. The molecule has 2 heteroatoms. The second-order valence-electron chi connectivity index (χ2n) is 10.0. The highest BCUT2D eigenvalue weighted by atomic mass is 15.2. The summed E-state index contributed by atoms with van der Waals surface area (Å²) in [4.78, 5) is 2.79. The Bertz CT molecular complexity index is 551. The Morgan fingerprint density at radius 2 is 1.59 bits per heavy atom. The van der Waals surface area contributed by atoms with E-state index in [0.717, 1.165) is 30.3 Å². The minimum absolute atomic E-state index is 0.489. The second-order valence-corrected chi connectivity index (χ2v) is 10.0. The third-order valence-corrected chi connectivity index (χ3v) is 6.96. The molecule has 1 aromatic rings. The van der Waals surface area contributed by atoms with E-state index in [9.17, 15) is 0 Å². The number of hydrogen-bond acceptors (Lipinski definition) is 2. The van der Waals surface area contributed by atoms with E-state index in [2.05, 4.69) is 49.9 Å². The van der Waals surface area contributed by atoms with E-state index in [1.54, 1.807) is 0 Å². The number of nitrogens with zero attached hydrogens (tertiary/aromatic N) is 1. The molecule has 1 aromatic carbocycles. The molecule has 27 heavy (non-hydrogen) atoms. The van der Waals surface area contributed by atoms with Crippen LogP contribution >= 0.6 is 0 Å². The largest absolute Gasteiger partial charge is 0.328 e. The van der Waals surface area contributed by atoms with Crippen molar-refractivity contribution in [2.75, 3.05) is 6.54 Å². The molecule has 152 valence electrons. The van der Waals surface area contributed by atoms with Gasteiger partial charge < -0.3 is 5.73 Å². The molecule has 2 saturated carbocycles. The molecule has 3 rings (SSSR count). The summed E-state index contributed by atoms with van der Waals surface area (Å²) < 4.78 is 0. The lowest BCUT2D eigenvalue weighted by molar-refractivity contribution is 0.106. The maximum Gasteiger partial charge on any atom is 0.0236 e. The van der Waals surface area contributed by atoms with Crippen molar-refractivity contribution in [1.29, 1.82) is 0 Å². The zero-order chi connectivity index (χ0) is 19.2. The lowest BCUT2D eigenvalue weighted by Gasteiger charge is -2.39. The second kappa shape index (κ2) is 10.1. The molecule has 2 fully saturated rings. The molecule has 2 nitrogen and oxygen atoms in total. The average Bonchev–Trinajstić information content (AvgIpc) is 2.63. The first-order valence-electron chi connectivity index (χ1n) is 11.5. The molecule has 0 aliphatic heterocycles. The average molecular weight is 371 g/mol. The number of benzene rings is 1. The third kappa shape index (κ3) is 6.61. The maximum atomic E-state index is 6.09. The van der Waals surface area contributed by atoms with Crippen LogP contribution < -0.4 is 5.73 Å². The molecule has 0 spiro atoms. The first-order chi connectivity index (χ1) is 13.0. The first-order valence-corrected chi connectivity index (χ1v) is 11.5. The number of aryl methyl sites for hydroxylation is 1. The van der Waals surface area contributed by atoms with Gasteiger partial charge >= 0.3 is 0 Å². The molecular weight excluding hydrogens is 328 g/mol. The zero-order valence-electron chi connectivity index (χ0n) is 18.0. The Morgan fingerprint density at radius 1 is 0.963 bits per heavy atom. The summed E-state index contributed by atoms with van der Waals surface area (Å²) in [5, 5.41) is 0. The molecule has 2 N–H and O–H groups in total. The van der Waals surface area contributed by atoms with Crippen LogP contribution in [0.25, 0.3) is 0 Å². The van der Waals surface area contributed by atoms with E-state index in [1.165, 1.54) is 75.5 Å². The standard InChI is InChI=1S/C25H42N2/c1-19(2)17-27(18-23-6-4-5-20(3)15-23)25-13-9-22(10-14-25)16-21-7-11-24(26)12-8-21/h4-6,15,19,21-22,24-25H,7-14,16-18,26H2,1-3H3. The topological polar surface area (TPSA) is 29.3 Å². The van der Waals surface area contributed by atoms with Gasteiger partial charge in [-0.05, 0) is 88.0 Å². The van der Waals surface area contributed by atoms with Gasteiger partial charge in [0.05, 0.1) is 0 Å². The van der Waals surface area contributed by atoms with Crippen LogP contribution in [0.1, 0.15) is 82.8 Å². The molecule has 0 saturated heterocycles. The van der Waals surface area contributed by atoms with E-state index in [0.29, 0.717) is 6.04 Å². The van der Waals surface area contributed by atoms with E-state index < -0.39 is 0 Å². The fraction of sp³-hybridized carbons (Fsp3) is 0.760. The highest BCUT2D eigenvalue weighted by Gasteiger charge is 2.29. The van der Waals surface area contributed by atoms with Crippen LogP contribution in [0.4, 0.5) is 0 Å². The van der Waals surface area contributed by atoms with Crippen molar-refractivity contribution in [3.63, 3.8) is 0 Å². The molecule has 2 aliphatic carbocycles. The zero-order valence-corrected chi connectivity index (χ0v) is 18.0. The van der Waals surface area contributed by atoms with Gasteiger partial charge in [0.1, 0.15) is 0 Å². The van der Waals surface area contributed by atoms with E-state index >= 15 is 0 Å². The molecule has 0 bridgehead atoms. The number of hydrogen-bond donors (Lipinski definition) is 1. The molecule has 0 amide bonds. The van der Waals surface area contributed by atoms with Gasteiger partial charge in [-0.1, -0.05) is 43.7 Å². The minimum Gasteiger partial charge on any atom is -0.328 e. The van der Waals surface area contributed by atoms with Crippen molar-refractivity contribution >= 4 is 0 Å². The van der Waals surface area contributed by atoms with E-state index in [4.69, 9.17) is 5.73 Å². The summed E-state index contributed by atoms with van der Waals surface area (Å²) in [5.41, 5.74) is 8.95. The molecule has 0 unspecified atom stereocenters. The van der Waals surface area contributed by atoms with E-state index in [-0.39, 0.29) is 0 Å². The van der Waals surface area contributed by atoms with Crippen molar-refractivity contribution in [1.82, 2.24) is 4.90 Å². The predicted octanol–water partition coefficient (Wildman–Crippen LogP) is 5.92. The van der Waals surface area contributed by atoms with Gasteiger partial charge in [0.25, 0.3) is 0 Å². The molecular formula is C25H42N2. The summed E-state index contributed by atoms with van der Waals surface area (Å²) in [5.74, 6) is 2.67. The van der Waals surface area contributed by atoms with Gasteiger partial charge in [-0.25, -0.2) is 0 Å². The first kappa shape index (κ1) is 20.9. The van der Waals surface area contributed by atoms with Crippen molar-refractivity contribution < 1.29 is 0 Å². The van der Waals surface area contributed by atoms with Gasteiger partial charge in [-0.2, -0.15) is 0 Å². The Labute approximate surface area is 167 Å². The van der Waals surface area contributed by atoms with E-state index in [1.807, 2.05) is 0 Å². The number of rotatable bonds is 7. The molecule has 2 aliphatic rings.